The molecule has 1 unspecified atom stereocenters. The SMILES string of the molecule is CCOCCCC(CC(=O)OC)N1CCc2cc(OCCCC3CCN(C)CC3)ccc2C1=O. The van der Waals surface area contributed by atoms with Crippen molar-refractivity contribution >= 4 is 11.9 Å². The maximum absolute atomic E-state index is 13.3. The average Bonchev–Trinajstić information content (AvgIpc) is 2.85. The molecule has 1 aromatic carbocycles. The number of amides is 1. The van der Waals surface area contributed by atoms with E-state index in [1.807, 2.05) is 30.0 Å². The number of nitrogens with zero attached hydrogens (tertiary/aromatic N) is 2. The van der Waals surface area contributed by atoms with Gasteiger partial charge in [0.2, 0.25) is 0 Å². The van der Waals surface area contributed by atoms with Gasteiger partial charge in [-0.15, -0.1) is 0 Å². The Morgan fingerprint density at radius 3 is 2.68 bits per heavy atom. The number of benzene rings is 1. The summed E-state index contributed by atoms with van der Waals surface area (Å²) >= 11 is 0. The Hall–Kier alpha value is -2.12. The molecule has 1 amide bonds. The van der Waals surface area contributed by atoms with Crippen LogP contribution in [-0.4, -0.2) is 81.3 Å². The highest BCUT2D eigenvalue weighted by molar-refractivity contribution is 5.97. The summed E-state index contributed by atoms with van der Waals surface area (Å²) in [6, 6.07) is 5.63. The number of esters is 1. The normalized spacial score (nSPS) is 18.0. The highest BCUT2D eigenvalue weighted by Gasteiger charge is 2.31. The molecule has 2 heterocycles. The Balaban J connectivity index is 1.53. The van der Waals surface area contributed by atoms with Gasteiger partial charge in [-0.05, 0) is 102 Å². The number of ether oxygens (including phenoxy) is 3. The third-order valence-corrected chi connectivity index (χ3v) is 7.15. The molecule has 3 rings (SSSR count). The van der Waals surface area contributed by atoms with Gasteiger partial charge in [-0.25, -0.2) is 0 Å². The first-order valence-corrected chi connectivity index (χ1v) is 12.9. The fourth-order valence-electron chi connectivity index (χ4n) is 5.04. The Kier molecular flexibility index (Phi) is 10.7. The van der Waals surface area contributed by atoms with Gasteiger partial charge in [0.15, 0.2) is 0 Å². The van der Waals surface area contributed by atoms with Crippen molar-refractivity contribution in [2.45, 2.75) is 64.3 Å². The lowest BCUT2D eigenvalue weighted by molar-refractivity contribution is -0.141. The van der Waals surface area contributed by atoms with E-state index in [2.05, 4.69) is 11.9 Å². The van der Waals surface area contributed by atoms with Gasteiger partial charge >= 0.3 is 5.97 Å². The van der Waals surface area contributed by atoms with E-state index in [4.69, 9.17) is 14.2 Å². The summed E-state index contributed by atoms with van der Waals surface area (Å²) in [5.41, 5.74) is 1.74. The Morgan fingerprint density at radius 1 is 1.15 bits per heavy atom. The number of fused-ring (bicyclic) bond motifs is 1. The lowest BCUT2D eigenvalue weighted by Gasteiger charge is -2.35. The maximum atomic E-state index is 13.3. The largest absolute Gasteiger partial charge is 0.494 e. The maximum Gasteiger partial charge on any atom is 0.307 e. The zero-order valence-corrected chi connectivity index (χ0v) is 21.2. The minimum absolute atomic E-state index is 0.0135. The molecule has 1 atom stereocenters. The van der Waals surface area contributed by atoms with Crippen LogP contribution in [0.5, 0.6) is 5.75 Å². The van der Waals surface area contributed by atoms with Crippen molar-refractivity contribution in [1.29, 1.82) is 0 Å². The van der Waals surface area contributed by atoms with Crippen molar-refractivity contribution in [2.24, 2.45) is 5.92 Å². The second-order valence-electron chi connectivity index (χ2n) is 9.58. The minimum atomic E-state index is -0.288. The highest BCUT2D eigenvalue weighted by Crippen LogP contribution is 2.28. The molecule has 34 heavy (non-hydrogen) atoms. The molecule has 0 spiro atoms. The number of carbonyl (C=O) groups excluding carboxylic acids is 2. The zero-order valence-electron chi connectivity index (χ0n) is 21.2. The molecule has 0 bridgehead atoms. The monoisotopic (exact) mass is 474 g/mol. The fourth-order valence-corrected chi connectivity index (χ4v) is 5.04. The van der Waals surface area contributed by atoms with Gasteiger partial charge in [-0.3, -0.25) is 9.59 Å². The number of rotatable bonds is 13. The van der Waals surface area contributed by atoms with Crippen LogP contribution in [0.1, 0.15) is 67.8 Å². The van der Waals surface area contributed by atoms with Crippen molar-refractivity contribution in [2.75, 3.05) is 53.6 Å². The Labute approximate surface area is 204 Å². The van der Waals surface area contributed by atoms with E-state index < -0.39 is 0 Å². The quantitative estimate of drug-likeness (QED) is 0.319. The van der Waals surface area contributed by atoms with Crippen LogP contribution >= 0.6 is 0 Å². The van der Waals surface area contributed by atoms with Gasteiger partial charge in [0.25, 0.3) is 5.91 Å². The molecule has 0 saturated carbocycles. The molecule has 1 aromatic rings. The third-order valence-electron chi connectivity index (χ3n) is 7.15. The van der Waals surface area contributed by atoms with Crippen LogP contribution in [0.4, 0.5) is 0 Å². The van der Waals surface area contributed by atoms with Crippen LogP contribution in [-0.2, 0) is 20.7 Å². The molecule has 0 aliphatic carbocycles. The summed E-state index contributed by atoms with van der Waals surface area (Å²) in [5.74, 6) is 1.36. The first kappa shape index (κ1) is 26.5. The first-order chi connectivity index (χ1) is 16.5. The summed E-state index contributed by atoms with van der Waals surface area (Å²) in [7, 11) is 3.59. The van der Waals surface area contributed by atoms with Crippen molar-refractivity contribution < 1.29 is 23.8 Å². The first-order valence-electron chi connectivity index (χ1n) is 12.9. The van der Waals surface area contributed by atoms with Crippen molar-refractivity contribution in [3.05, 3.63) is 29.3 Å². The number of hydrogen-bond donors (Lipinski definition) is 0. The molecule has 7 nitrogen and oxygen atoms in total. The smallest absolute Gasteiger partial charge is 0.307 e. The van der Waals surface area contributed by atoms with E-state index in [0.717, 1.165) is 36.5 Å². The van der Waals surface area contributed by atoms with E-state index >= 15 is 0 Å². The summed E-state index contributed by atoms with van der Waals surface area (Å²) in [6.45, 7) is 6.98. The average molecular weight is 475 g/mol. The highest BCUT2D eigenvalue weighted by atomic mass is 16.5. The van der Waals surface area contributed by atoms with E-state index in [0.29, 0.717) is 38.3 Å². The zero-order chi connectivity index (χ0) is 24.3. The van der Waals surface area contributed by atoms with Crippen LogP contribution < -0.4 is 4.74 Å². The topological polar surface area (TPSA) is 68.3 Å². The molecule has 0 N–H and O–H groups in total. The predicted octanol–water partition coefficient (Wildman–Crippen LogP) is 3.93. The van der Waals surface area contributed by atoms with E-state index in [1.165, 1.54) is 39.5 Å². The van der Waals surface area contributed by atoms with Crippen molar-refractivity contribution in [3.63, 3.8) is 0 Å². The molecule has 2 aliphatic heterocycles. The van der Waals surface area contributed by atoms with Crippen molar-refractivity contribution in [3.8, 4) is 5.75 Å². The molecule has 1 saturated heterocycles. The summed E-state index contributed by atoms with van der Waals surface area (Å²) in [6.07, 6.45) is 7.35. The molecule has 2 aliphatic rings. The van der Waals surface area contributed by atoms with Crippen LogP contribution in [0.25, 0.3) is 0 Å². The van der Waals surface area contributed by atoms with Crippen LogP contribution in [0, 0.1) is 5.92 Å². The summed E-state index contributed by atoms with van der Waals surface area (Å²) < 4.78 is 16.4. The van der Waals surface area contributed by atoms with Crippen molar-refractivity contribution in [1.82, 2.24) is 9.80 Å². The molecule has 1 fully saturated rings. The van der Waals surface area contributed by atoms with Gasteiger partial charge in [-0.1, -0.05) is 0 Å². The van der Waals surface area contributed by atoms with E-state index in [9.17, 15) is 9.59 Å². The van der Waals surface area contributed by atoms with Crippen LogP contribution in [0.15, 0.2) is 18.2 Å². The number of hydrogen-bond acceptors (Lipinski definition) is 6. The number of methoxy groups -OCH3 is 1. The molecule has 0 radical (unpaired) electrons. The van der Waals surface area contributed by atoms with Gasteiger partial charge < -0.3 is 24.0 Å². The lowest BCUT2D eigenvalue weighted by atomic mass is 9.93. The molecule has 0 aromatic heterocycles. The molecule has 7 heteroatoms. The Bertz CT molecular complexity index is 791. The molecular weight excluding hydrogens is 432 g/mol. The standard InChI is InChI=1S/C27H42N2O5/c1-4-33-17-6-8-23(20-26(30)32-3)29-16-13-22-19-24(9-10-25(22)27(29)31)34-18-5-7-21-11-14-28(2)15-12-21/h9-10,19,21,23H,4-8,11-18,20H2,1-3H3. The second kappa shape index (κ2) is 13.7. The minimum Gasteiger partial charge on any atom is -0.494 e. The molecule has 190 valence electrons. The fraction of sp³-hybridized carbons (Fsp3) is 0.704. The number of carbonyl (C=O) groups is 2. The van der Waals surface area contributed by atoms with Gasteiger partial charge in [0.1, 0.15) is 5.75 Å². The van der Waals surface area contributed by atoms with Crippen LogP contribution in [0.3, 0.4) is 0 Å². The van der Waals surface area contributed by atoms with Gasteiger partial charge in [0.05, 0.1) is 20.1 Å². The summed E-state index contributed by atoms with van der Waals surface area (Å²) in [5, 5.41) is 0. The van der Waals surface area contributed by atoms with Crippen LogP contribution in [0.2, 0.25) is 0 Å². The summed E-state index contributed by atoms with van der Waals surface area (Å²) in [4.78, 5) is 29.5. The second-order valence-corrected chi connectivity index (χ2v) is 9.58. The number of piperidine rings is 1. The van der Waals surface area contributed by atoms with Gasteiger partial charge in [0, 0.05) is 31.4 Å². The van der Waals surface area contributed by atoms with E-state index in [-0.39, 0.29) is 24.3 Å². The number of likely N-dealkylation sites (tertiary alicyclic amines) is 1. The molecular formula is C27H42N2O5. The Morgan fingerprint density at radius 2 is 1.94 bits per heavy atom. The predicted molar refractivity (Wildman–Crippen MR) is 132 cm³/mol. The lowest BCUT2D eigenvalue weighted by Crippen LogP contribution is -2.45. The van der Waals surface area contributed by atoms with E-state index in [1.54, 1.807) is 0 Å². The third kappa shape index (κ3) is 7.70. The van der Waals surface area contributed by atoms with Gasteiger partial charge in [-0.2, -0.15) is 0 Å².